The van der Waals surface area contributed by atoms with Gasteiger partial charge < -0.3 is 39.4 Å². The number of aromatic nitrogens is 2. The van der Waals surface area contributed by atoms with Crippen LogP contribution >= 0.6 is 23.2 Å². The van der Waals surface area contributed by atoms with E-state index in [1.54, 1.807) is 42.2 Å². The summed E-state index contributed by atoms with van der Waals surface area (Å²) in [5.74, 6) is -0.466. The number of nitrogens with zero attached hydrogens (tertiary/aromatic N) is 6. The van der Waals surface area contributed by atoms with E-state index in [-0.39, 0.29) is 32.0 Å². The van der Waals surface area contributed by atoms with Gasteiger partial charge in [0.15, 0.2) is 0 Å². The second-order valence-electron chi connectivity index (χ2n) is 19.4. The Hall–Kier alpha value is -5.77. The van der Waals surface area contributed by atoms with Crippen LogP contribution in [0.4, 0.5) is 0 Å². The summed E-state index contributed by atoms with van der Waals surface area (Å²) >= 11 is 12.9. The molecule has 5 atom stereocenters. The molecular weight excluding hydrogens is 928 g/mol. The third-order valence-electron chi connectivity index (χ3n) is 14.1. The summed E-state index contributed by atoms with van der Waals surface area (Å²) in [5, 5.41) is 7.20. The first-order chi connectivity index (χ1) is 33.7. The lowest BCUT2D eigenvalue weighted by Crippen LogP contribution is -2.65. The molecule has 2 bridgehead atoms. The highest BCUT2D eigenvalue weighted by molar-refractivity contribution is 6.31. The molecule has 4 aromatic carbocycles. The molecule has 8 rings (SSSR count). The van der Waals surface area contributed by atoms with Crippen LogP contribution < -0.4 is 15.4 Å². The summed E-state index contributed by atoms with van der Waals surface area (Å²) in [7, 11) is 7.76. The maximum Gasteiger partial charge on any atom is 0.245 e. The Morgan fingerprint density at radius 2 is 1.61 bits per heavy atom. The summed E-state index contributed by atoms with van der Waals surface area (Å²) in [4.78, 5) is 71.6. The Morgan fingerprint density at radius 3 is 2.33 bits per heavy atom. The molecule has 4 amide bonds. The van der Waals surface area contributed by atoms with Crippen molar-refractivity contribution in [2.45, 2.75) is 82.2 Å². The molecule has 14 nitrogen and oxygen atoms in total. The zero-order valence-electron chi connectivity index (χ0n) is 40.7. The normalized spacial score (nSPS) is 22.8. The number of carbonyl (C=O) groups is 4. The second kappa shape index (κ2) is 22.5. The first-order valence-electron chi connectivity index (χ1n) is 24.1. The number of methoxy groups -OCH3 is 1. The first-order valence-corrected chi connectivity index (χ1v) is 24.9. The average molecular weight is 992 g/mol. The molecule has 5 aromatic rings. The molecule has 4 heterocycles. The maximum absolute atomic E-state index is 15.0. The van der Waals surface area contributed by atoms with Crippen LogP contribution in [0.3, 0.4) is 0 Å². The van der Waals surface area contributed by atoms with Crippen molar-refractivity contribution in [1.29, 1.82) is 0 Å². The van der Waals surface area contributed by atoms with E-state index in [1.807, 2.05) is 80.0 Å². The lowest BCUT2D eigenvalue weighted by atomic mass is 9.81. The molecule has 0 spiro atoms. The van der Waals surface area contributed by atoms with Gasteiger partial charge in [-0.05, 0) is 113 Å². The third kappa shape index (κ3) is 12.2. The molecule has 1 aromatic heterocycles. The van der Waals surface area contributed by atoms with Gasteiger partial charge in [-0.2, -0.15) is 0 Å². The Kier molecular flexibility index (Phi) is 16.3. The van der Waals surface area contributed by atoms with Crippen molar-refractivity contribution in [1.82, 2.24) is 39.8 Å². The highest BCUT2D eigenvalue weighted by atomic mass is 35.5. The highest BCUT2D eigenvalue weighted by Crippen LogP contribution is 2.34. The van der Waals surface area contributed by atoms with E-state index in [1.165, 1.54) is 12.0 Å². The Morgan fingerprint density at radius 1 is 0.871 bits per heavy atom. The summed E-state index contributed by atoms with van der Waals surface area (Å²) in [6, 6.07) is 28.3. The van der Waals surface area contributed by atoms with Crippen molar-refractivity contribution < 1.29 is 28.7 Å². The van der Waals surface area contributed by atoms with Gasteiger partial charge in [-0.15, -0.1) is 0 Å². The molecule has 70 heavy (non-hydrogen) atoms. The highest BCUT2D eigenvalue weighted by Gasteiger charge is 2.43. The second-order valence-corrected chi connectivity index (χ2v) is 20.3. The number of hydrogen-bond donors (Lipinski definition) is 2. The number of carbonyl (C=O) groups excluding carboxylic acids is 4. The Balaban J connectivity index is 1.07. The van der Waals surface area contributed by atoms with Gasteiger partial charge in [0.2, 0.25) is 23.6 Å². The third-order valence-corrected chi connectivity index (χ3v) is 14.6. The zero-order chi connectivity index (χ0) is 49.5. The van der Waals surface area contributed by atoms with Crippen molar-refractivity contribution in [2.75, 3.05) is 54.0 Å². The van der Waals surface area contributed by atoms with E-state index in [0.717, 1.165) is 54.3 Å². The van der Waals surface area contributed by atoms with Crippen molar-refractivity contribution in [3.8, 4) is 22.8 Å². The zero-order valence-corrected chi connectivity index (χ0v) is 42.2. The number of likely N-dealkylation sites (N-methyl/N-ethyl adjacent to an activating group) is 1. The number of hydrogen-bond acceptors (Lipinski definition) is 9. The van der Waals surface area contributed by atoms with Gasteiger partial charge in [-0.3, -0.25) is 24.1 Å². The fourth-order valence-corrected chi connectivity index (χ4v) is 10.4. The fraction of sp³-hybridized carbons (Fsp3) is 0.426. The molecule has 2 N–H and O–H groups in total. The molecule has 3 aliphatic rings. The van der Waals surface area contributed by atoms with E-state index >= 15 is 4.79 Å². The predicted molar refractivity (Wildman–Crippen MR) is 271 cm³/mol. The van der Waals surface area contributed by atoms with Gasteiger partial charge in [0.25, 0.3) is 0 Å². The van der Waals surface area contributed by atoms with Crippen LogP contribution in [0.25, 0.3) is 11.3 Å². The van der Waals surface area contributed by atoms with E-state index in [4.69, 9.17) is 37.7 Å². The van der Waals surface area contributed by atoms with E-state index in [0.29, 0.717) is 65.4 Å². The van der Waals surface area contributed by atoms with Crippen molar-refractivity contribution in [2.24, 2.45) is 13.0 Å². The van der Waals surface area contributed by atoms with Crippen LogP contribution in [-0.2, 0) is 56.9 Å². The lowest BCUT2D eigenvalue weighted by Gasteiger charge is -2.45. The maximum atomic E-state index is 15.0. The van der Waals surface area contributed by atoms with Crippen molar-refractivity contribution in [3.63, 3.8) is 0 Å². The molecule has 3 aliphatic heterocycles. The standard InChI is InChI=1S/C54H64Cl2N8O6/c1-36-51(66)58-46(34-69-5)52(67)59-54(29-38-12-17-42(55)18-13-38)23-9-24-63(35-54)53(68)41(26-37-10-7-6-8-11-37)27-50(65)64(36)31-40-14-19-43(56)28-48(40)70-45-20-15-39(16-21-45)47-30-57-49(61(47)4)33-62-25-22-44(32-62)60(2)3/h6-8,10-21,28,30,36,41,44,46H,9,22-27,29,31-35H2,1-5H3,(H,58,66)(H,59,67)/t36-,41+,44-,46-,54+/m0/s1. The van der Waals surface area contributed by atoms with Gasteiger partial charge in [0, 0.05) is 74.0 Å². The van der Waals surface area contributed by atoms with Gasteiger partial charge in [0.1, 0.15) is 29.4 Å². The molecule has 0 radical (unpaired) electrons. The molecule has 0 unspecified atom stereocenters. The van der Waals surface area contributed by atoms with Gasteiger partial charge in [-0.1, -0.05) is 71.7 Å². The van der Waals surface area contributed by atoms with E-state index < -0.39 is 41.3 Å². The average Bonchev–Trinajstić information content (AvgIpc) is 3.98. The number of nitrogens with one attached hydrogen (secondary N) is 2. The number of benzene rings is 4. The number of imidazole rings is 1. The molecule has 0 aliphatic carbocycles. The Labute approximate surface area is 421 Å². The number of rotatable bonds is 14. The van der Waals surface area contributed by atoms with Crippen LogP contribution in [0.1, 0.15) is 55.1 Å². The number of fused-ring (bicyclic) bond motifs is 2. The summed E-state index contributed by atoms with van der Waals surface area (Å²) in [6.07, 6.45) is 4.78. The minimum atomic E-state index is -1.10. The van der Waals surface area contributed by atoms with E-state index in [9.17, 15) is 14.4 Å². The largest absolute Gasteiger partial charge is 0.457 e. The smallest absolute Gasteiger partial charge is 0.245 e. The summed E-state index contributed by atoms with van der Waals surface area (Å²) in [6.45, 7) is 4.93. The molecule has 16 heteroatoms. The number of likely N-dealkylation sites (tertiary alicyclic amines) is 1. The number of amides is 4. The lowest BCUT2D eigenvalue weighted by molar-refractivity contribution is -0.147. The quantitative estimate of drug-likeness (QED) is 0.119. The van der Waals surface area contributed by atoms with Gasteiger partial charge >= 0.3 is 0 Å². The minimum Gasteiger partial charge on any atom is -0.457 e. The number of halogens is 2. The van der Waals surface area contributed by atoms with Crippen LogP contribution in [0.5, 0.6) is 11.5 Å². The Bertz CT molecular complexity index is 2630. The van der Waals surface area contributed by atoms with Crippen LogP contribution in [0, 0.1) is 5.92 Å². The predicted octanol–water partition coefficient (Wildman–Crippen LogP) is 7.15. The summed E-state index contributed by atoms with van der Waals surface area (Å²) < 4.78 is 14.2. The minimum absolute atomic E-state index is 0.0661. The monoisotopic (exact) mass is 990 g/mol. The fourth-order valence-electron chi connectivity index (χ4n) is 10.1. The number of ether oxygens (including phenoxy) is 2. The van der Waals surface area contributed by atoms with E-state index in [2.05, 4.69) is 39.1 Å². The first kappa shape index (κ1) is 50.6. The van der Waals surface area contributed by atoms with Crippen molar-refractivity contribution in [3.05, 3.63) is 136 Å². The molecule has 3 fully saturated rings. The molecule has 0 saturated carbocycles. The summed E-state index contributed by atoms with van der Waals surface area (Å²) in [5.41, 5.74) is 3.48. The SMILES string of the molecule is COC[C@@H]1NC(=O)[C@H](C)N(Cc2ccc(Cl)cc2Oc2ccc(-c3cnc(CN4CC[C@H](N(C)C)C4)n3C)cc2)C(=O)C[C@@H](Cc2ccccc2)C(=O)N2CCC[C@@](Cc3ccc(Cl)cc3)(C2)NC1=O. The topological polar surface area (TPSA) is 142 Å². The molecule has 3 saturated heterocycles. The molecule has 370 valence electrons. The van der Waals surface area contributed by atoms with Gasteiger partial charge in [-0.25, -0.2) is 4.98 Å². The van der Waals surface area contributed by atoms with Crippen LogP contribution in [0.2, 0.25) is 10.0 Å². The van der Waals surface area contributed by atoms with Crippen molar-refractivity contribution >= 4 is 46.8 Å². The number of piperidine rings is 1. The van der Waals surface area contributed by atoms with Gasteiger partial charge in [0.05, 0.1) is 43.0 Å². The van der Waals surface area contributed by atoms with Crippen LogP contribution in [0.15, 0.2) is 103 Å². The molecular formula is C54H64Cl2N8O6. The van der Waals surface area contributed by atoms with Crippen LogP contribution in [-0.4, -0.2) is 130 Å².